The number of allylic oxidation sites excluding steroid dienone is 2. The van der Waals surface area contributed by atoms with Crippen LogP contribution < -0.4 is 0 Å². The molecule has 2 aromatic rings. The van der Waals surface area contributed by atoms with Crippen molar-refractivity contribution >= 4 is 5.57 Å². The summed E-state index contributed by atoms with van der Waals surface area (Å²) in [7, 11) is 0. The summed E-state index contributed by atoms with van der Waals surface area (Å²) in [6.45, 7) is 4.15. The normalized spacial score (nSPS) is 21.0. The van der Waals surface area contributed by atoms with E-state index in [1.807, 2.05) is 25.1 Å². The van der Waals surface area contributed by atoms with Crippen LogP contribution in [0.1, 0.15) is 92.5 Å². The third kappa shape index (κ3) is 4.47. The molecule has 0 heterocycles. The van der Waals surface area contributed by atoms with Crippen LogP contribution in [0, 0.1) is 23.4 Å². The number of unbranched alkanes of at least 4 members (excludes halogenated alkanes) is 1. The summed E-state index contributed by atoms with van der Waals surface area (Å²) in [5.74, 6) is -0.722. The highest BCUT2D eigenvalue weighted by Gasteiger charge is 2.27. The maximum Gasteiger partial charge on any atom is 0.166 e. The minimum absolute atomic E-state index is 0.115. The maximum atomic E-state index is 15.1. The predicted octanol–water partition coefficient (Wildman–Crippen LogP) is 8.31. The van der Waals surface area contributed by atoms with Crippen LogP contribution >= 0.6 is 0 Å². The third-order valence-electron chi connectivity index (χ3n) is 7.45. The van der Waals surface area contributed by atoms with Crippen molar-refractivity contribution < 1.29 is 13.2 Å². The molecule has 4 rings (SSSR count). The van der Waals surface area contributed by atoms with E-state index in [1.54, 1.807) is 12.1 Å². The molecule has 1 fully saturated rings. The van der Waals surface area contributed by atoms with Gasteiger partial charge in [0.1, 0.15) is 5.82 Å². The Balaban J connectivity index is 1.51. The predicted molar refractivity (Wildman–Crippen MR) is 122 cm³/mol. The summed E-state index contributed by atoms with van der Waals surface area (Å²) in [6.07, 6.45) is 11.2. The largest absolute Gasteiger partial charge is 0.206 e. The van der Waals surface area contributed by atoms with Crippen molar-refractivity contribution in [2.75, 3.05) is 0 Å². The molecule has 2 aromatic carbocycles. The molecule has 166 valence electrons. The van der Waals surface area contributed by atoms with E-state index in [1.165, 1.54) is 19.3 Å². The average molecular weight is 427 g/mol. The van der Waals surface area contributed by atoms with Gasteiger partial charge in [-0.25, -0.2) is 13.2 Å². The standard InChI is InChI=1S/C28H33F3/c1-3-5-6-18-7-9-20(10-8-18)23-15-16-25(28(31)27(23)30)22-13-14-24-21(17-22)12-11-19(4-2)26(24)29/h11-13,15-16,18,20H,3-10,14,17H2,1-2H3. The van der Waals surface area contributed by atoms with Gasteiger partial charge in [0.2, 0.25) is 0 Å². The second kappa shape index (κ2) is 9.63. The molecule has 0 aliphatic heterocycles. The minimum Gasteiger partial charge on any atom is -0.206 e. The van der Waals surface area contributed by atoms with Crippen molar-refractivity contribution in [1.29, 1.82) is 0 Å². The van der Waals surface area contributed by atoms with Crippen molar-refractivity contribution in [2.45, 2.75) is 84.0 Å². The van der Waals surface area contributed by atoms with E-state index in [-0.39, 0.29) is 11.7 Å². The van der Waals surface area contributed by atoms with Crippen LogP contribution in [0.2, 0.25) is 0 Å². The minimum atomic E-state index is -0.744. The fourth-order valence-corrected chi connectivity index (χ4v) is 5.46. The molecular weight excluding hydrogens is 393 g/mol. The Morgan fingerprint density at radius 1 is 0.871 bits per heavy atom. The van der Waals surface area contributed by atoms with E-state index in [9.17, 15) is 4.39 Å². The van der Waals surface area contributed by atoms with Crippen molar-refractivity contribution in [2.24, 2.45) is 5.92 Å². The van der Waals surface area contributed by atoms with Gasteiger partial charge < -0.3 is 0 Å². The van der Waals surface area contributed by atoms with Crippen LogP contribution in [0.4, 0.5) is 13.2 Å². The van der Waals surface area contributed by atoms with Gasteiger partial charge in [-0.05, 0) is 84.6 Å². The maximum absolute atomic E-state index is 15.1. The SMILES string of the molecule is CCCCC1CCC(c2ccc(C3=CCc4c(ccc(CC)c4F)C3)c(F)c2F)CC1. The molecule has 0 aromatic heterocycles. The Kier molecular flexibility index (Phi) is 6.89. The molecule has 0 atom stereocenters. The van der Waals surface area contributed by atoms with Crippen LogP contribution in [0.3, 0.4) is 0 Å². The van der Waals surface area contributed by atoms with Gasteiger partial charge in [-0.2, -0.15) is 0 Å². The molecule has 0 saturated heterocycles. The lowest BCUT2D eigenvalue weighted by molar-refractivity contribution is 0.299. The zero-order chi connectivity index (χ0) is 22.0. The molecule has 0 radical (unpaired) electrons. The van der Waals surface area contributed by atoms with Crippen molar-refractivity contribution in [3.05, 3.63) is 75.6 Å². The summed E-state index contributed by atoms with van der Waals surface area (Å²) in [6, 6.07) is 7.28. The second-order valence-electron chi connectivity index (χ2n) is 9.33. The van der Waals surface area contributed by atoms with Gasteiger partial charge in [0.15, 0.2) is 11.6 Å². The fourth-order valence-electron chi connectivity index (χ4n) is 5.46. The Bertz CT molecular complexity index is 965. The highest BCUT2D eigenvalue weighted by molar-refractivity contribution is 5.71. The van der Waals surface area contributed by atoms with Gasteiger partial charge in [-0.3, -0.25) is 0 Å². The lowest BCUT2D eigenvalue weighted by atomic mass is 9.76. The zero-order valence-electron chi connectivity index (χ0n) is 18.7. The van der Waals surface area contributed by atoms with Crippen molar-refractivity contribution in [3.63, 3.8) is 0 Å². The summed E-state index contributed by atoms with van der Waals surface area (Å²) in [4.78, 5) is 0. The topological polar surface area (TPSA) is 0 Å². The zero-order valence-corrected chi connectivity index (χ0v) is 18.7. The molecule has 2 aliphatic carbocycles. The number of hydrogen-bond donors (Lipinski definition) is 0. The van der Waals surface area contributed by atoms with Gasteiger partial charge in [0.05, 0.1) is 0 Å². The molecule has 0 N–H and O–H groups in total. The van der Waals surface area contributed by atoms with Gasteiger partial charge in [-0.15, -0.1) is 0 Å². The molecule has 2 aliphatic rings. The van der Waals surface area contributed by atoms with E-state index < -0.39 is 11.6 Å². The van der Waals surface area contributed by atoms with Crippen LogP contribution in [0.5, 0.6) is 0 Å². The van der Waals surface area contributed by atoms with Crippen LogP contribution in [0.25, 0.3) is 5.57 Å². The van der Waals surface area contributed by atoms with E-state index in [0.29, 0.717) is 41.5 Å². The first kappa shape index (κ1) is 22.2. The number of benzene rings is 2. The Morgan fingerprint density at radius 2 is 1.65 bits per heavy atom. The molecule has 1 saturated carbocycles. The van der Waals surface area contributed by atoms with E-state index >= 15 is 8.78 Å². The number of rotatable bonds is 6. The smallest absolute Gasteiger partial charge is 0.166 e. The van der Waals surface area contributed by atoms with E-state index in [4.69, 9.17) is 0 Å². The molecular formula is C28H33F3. The first-order valence-electron chi connectivity index (χ1n) is 12.0. The summed E-state index contributed by atoms with van der Waals surface area (Å²) in [5, 5.41) is 0. The highest BCUT2D eigenvalue weighted by atomic mass is 19.2. The molecule has 0 bridgehead atoms. The monoisotopic (exact) mass is 426 g/mol. The molecule has 0 nitrogen and oxygen atoms in total. The molecule has 3 heteroatoms. The summed E-state index contributed by atoms with van der Waals surface area (Å²) in [5.41, 5.74) is 3.89. The summed E-state index contributed by atoms with van der Waals surface area (Å²) < 4.78 is 44.8. The van der Waals surface area contributed by atoms with E-state index in [0.717, 1.165) is 42.7 Å². The number of halogens is 3. The first-order valence-corrected chi connectivity index (χ1v) is 12.0. The average Bonchev–Trinajstić information content (AvgIpc) is 2.80. The van der Waals surface area contributed by atoms with Gasteiger partial charge in [-0.1, -0.05) is 63.5 Å². The first-order chi connectivity index (χ1) is 15.0. The van der Waals surface area contributed by atoms with Gasteiger partial charge in [0.25, 0.3) is 0 Å². The lowest BCUT2D eigenvalue weighted by Crippen LogP contribution is -2.15. The molecule has 0 amide bonds. The number of fused-ring (bicyclic) bond motifs is 1. The summed E-state index contributed by atoms with van der Waals surface area (Å²) >= 11 is 0. The quantitative estimate of drug-likeness (QED) is 0.436. The van der Waals surface area contributed by atoms with Crippen molar-refractivity contribution in [3.8, 4) is 0 Å². The van der Waals surface area contributed by atoms with E-state index in [2.05, 4.69) is 6.92 Å². The highest BCUT2D eigenvalue weighted by Crippen LogP contribution is 2.40. The Morgan fingerprint density at radius 3 is 2.35 bits per heavy atom. The lowest BCUT2D eigenvalue weighted by Gasteiger charge is -2.29. The second-order valence-corrected chi connectivity index (χ2v) is 9.33. The third-order valence-corrected chi connectivity index (χ3v) is 7.45. The fraction of sp³-hybridized carbons (Fsp3) is 0.500. The van der Waals surface area contributed by atoms with Crippen LogP contribution in [-0.2, 0) is 19.3 Å². The number of hydrogen-bond acceptors (Lipinski definition) is 0. The molecule has 0 unspecified atom stereocenters. The Labute approximate surface area is 184 Å². The van der Waals surface area contributed by atoms with Crippen LogP contribution in [-0.4, -0.2) is 0 Å². The van der Waals surface area contributed by atoms with Gasteiger partial charge >= 0.3 is 0 Å². The molecule has 0 spiro atoms. The van der Waals surface area contributed by atoms with Crippen molar-refractivity contribution in [1.82, 2.24) is 0 Å². The molecule has 31 heavy (non-hydrogen) atoms. The number of aryl methyl sites for hydroxylation is 1. The van der Waals surface area contributed by atoms with Crippen LogP contribution in [0.15, 0.2) is 30.3 Å². The Hall–Kier alpha value is -2.03. The van der Waals surface area contributed by atoms with Gasteiger partial charge in [0, 0.05) is 5.56 Å².